The Morgan fingerprint density at radius 2 is 1.84 bits per heavy atom. The molecule has 0 amide bonds. The summed E-state index contributed by atoms with van der Waals surface area (Å²) in [4.78, 5) is 21.8. The number of tetrazole rings is 1. The summed E-state index contributed by atoms with van der Waals surface area (Å²) < 4.78 is 7.35. The number of hydrogen-bond acceptors (Lipinski definition) is 7. The molecule has 9 heteroatoms. The van der Waals surface area contributed by atoms with Crippen LogP contribution in [0.4, 0.5) is 0 Å². The van der Waals surface area contributed by atoms with Crippen molar-refractivity contribution in [3.63, 3.8) is 0 Å². The molecule has 1 aliphatic heterocycles. The lowest BCUT2D eigenvalue weighted by molar-refractivity contribution is 0.0617. The van der Waals surface area contributed by atoms with E-state index in [1.165, 1.54) is 32.1 Å². The highest BCUT2D eigenvalue weighted by Gasteiger charge is 2.34. The molecule has 4 aromatic rings. The van der Waals surface area contributed by atoms with Gasteiger partial charge in [0.05, 0.1) is 11.8 Å². The molecule has 0 bridgehead atoms. The van der Waals surface area contributed by atoms with Crippen molar-refractivity contribution < 1.29 is 4.42 Å². The number of fused-ring (bicyclic) bond motifs is 1. The normalized spacial score (nSPS) is 19.0. The maximum Gasteiger partial charge on any atom is 0.253 e. The fourth-order valence-corrected chi connectivity index (χ4v) is 6.17. The average molecular weight is 502 g/mol. The Morgan fingerprint density at radius 3 is 2.59 bits per heavy atom. The van der Waals surface area contributed by atoms with Gasteiger partial charge in [-0.05, 0) is 66.4 Å². The van der Waals surface area contributed by atoms with Gasteiger partial charge in [0.2, 0.25) is 0 Å². The van der Waals surface area contributed by atoms with Crippen molar-refractivity contribution in [2.24, 2.45) is 0 Å². The van der Waals surface area contributed by atoms with Crippen molar-refractivity contribution in [1.82, 2.24) is 35.0 Å². The lowest BCUT2D eigenvalue weighted by Gasteiger charge is -2.43. The van der Waals surface area contributed by atoms with E-state index < -0.39 is 0 Å². The first-order valence-corrected chi connectivity index (χ1v) is 13.5. The fraction of sp³-hybridized carbons (Fsp3) is 0.500. The number of benzene rings is 1. The van der Waals surface area contributed by atoms with E-state index in [1.54, 1.807) is 10.9 Å². The molecule has 9 nitrogen and oxygen atoms in total. The minimum absolute atomic E-state index is 0.0894. The van der Waals surface area contributed by atoms with E-state index in [0.29, 0.717) is 24.0 Å². The molecule has 3 aromatic heterocycles. The second-order valence-electron chi connectivity index (χ2n) is 10.6. The van der Waals surface area contributed by atoms with Crippen LogP contribution < -0.4 is 5.56 Å². The second-order valence-corrected chi connectivity index (χ2v) is 10.6. The van der Waals surface area contributed by atoms with Crippen LogP contribution in [0.3, 0.4) is 0 Å². The maximum atomic E-state index is 13.6. The first kappa shape index (κ1) is 24.1. The molecule has 2 fully saturated rings. The molecule has 1 N–H and O–H groups in total. The Morgan fingerprint density at radius 1 is 1.05 bits per heavy atom. The van der Waals surface area contributed by atoms with Gasteiger partial charge in [-0.2, -0.15) is 0 Å². The zero-order valence-corrected chi connectivity index (χ0v) is 21.7. The Hall–Kier alpha value is -3.30. The average Bonchev–Trinajstić information content (AvgIpc) is 3.61. The van der Waals surface area contributed by atoms with Gasteiger partial charge in [-0.1, -0.05) is 31.4 Å². The number of aromatic nitrogens is 5. The van der Waals surface area contributed by atoms with Gasteiger partial charge in [0, 0.05) is 43.2 Å². The lowest BCUT2D eigenvalue weighted by atomic mass is 9.93. The standard InChI is InChI=1S/C28H35N7O2/c1-19-10-11-20(2)25-23(19)17-24(28(36)29-25)26(27-30-31-32-35(27)18-22-9-6-16-37-22)34-14-12-33(13-15-34)21-7-4-3-5-8-21/h6,9-11,16-17,21,26H,3-5,7-8,12-15,18H2,1-2H3,(H,29,36)/t26-/m0/s1. The first-order valence-electron chi connectivity index (χ1n) is 13.5. The summed E-state index contributed by atoms with van der Waals surface area (Å²) in [5, 5.41) is 13.8. The van der Waals surface area contributed by atoms with Gasteiger partial charge in [-0.25, -0.2) is 4.68 Å². The lowest BCUT2D eigenvalue weighted by Crippen LogP contribution is -2.52. The van der Waals surface area contributed by atoms with E-state index in [-0.39, 0.29) is 11.6 Å². The summed E-state index contributed by atoms with van der Waals surface area (Å²) in [6.07, 6.45) is 8.28. The molecule has 1 saturated heterocycles. The number of H-pyrrole nitrogens is 1. The zero-order chi connectivity index (χ0) is 25.4. The van der Waals surface area contributed by atoms with Gasteiger partial charge in [0.1, 0.15) is 18.3 Å². The number of aromatic amines is 1. The molecule has 0 radical (unpaired) electrons. The number of nitrogens with zero attached hydrogens (tertiary/aromatic N) is 6. The van der Waals surface area contributed by atoms with Crippen LogP contribution in [0.25, 0.3) is 10.9 Å². The van der Waals surface area contributed by atoms with Gasteiger partial charge < -0.3 is 9.40 Å². The van der Waals surface area contributed by atoms with Crippen LogP contribution in [-0.4, -0.2) is 67.2 Å². The van der Waals surface area contributed by atoms with Crippen LogP contribution in [0, 0.1) is 13.8 Å². The van der Waals surface area contributed by atoms with Crippen LogP contribution in [0.15, 0.2) is 45.8 Å². The number of pyridine rings is 1. The van der Waals surface area contributed by atoms with E-state index in [1.807, 2.05) is 19.1 Å². The molecule has 4 heterocycles. The van der Waals surface area contributed by atoms with Crippen LogP contribution >= 0.6 is 0 Å². The Kier molecular flexibility index (Phi) is 6.65. The monoisotopic (exact) mass is 501 g/mol. The quantitative estimate of drug-likeness (QED) is 0.429. The summed E-state index contributed by atoms with van der Waals surface area (Å²) in [6, 6.07) is 10.3. The highest BCUT2D eigenvalue weighted by molar-refractivity contribution is 5.85. The van der Waals surface area contributed by atoms with Crippen molar-refractivity contribution in [3.05, 3.63) is 75.2 Å². The summed E-state index contributed by atoms with van der Waals surface area (Å²) in [6.45, 7) is 8.23. The van der Waals surface area contributed by atoms with Crippen LogP contribution in [-0.2, 0) is 6.54 Å². The predicted octanol–water partition coefficient (Wildman–Crippen LogP) is 3.81. The van der Waals surface area contributed by atoms with Crippen molar-refractivity contribution in [3.8, 4) is 0 Å². The van der Waals surface area contributed by atoms with E-state index in [4.69, 9.17) is 4.42 Å². The van der Waals surface area contributed by atoms with Crippen molar-refractivity contribution in [2.75, 3.05) is 26.2 Å². The van der Waals surface area contributed by atoms with Crippen LogP contribution in [0.5, 0.6) is 0 Å². The fourth-order valence-electron chi connectivity index (χ4n) is 6.17. The van der Waals surface area contributed by atoms with Gasteiger partial charge in [-0.3, -0.25) is 14.6 Å². The van der Waals surface area contributed by atoms with E-state index in [9.17, 15) is 4.79 Å². The Labute approximate surface area is 216 Å². The smallest absolute Gasteiger partial charge is 0.253 e. The Bertz CT molecular complexity index is 1410. The van der Waals surface area contributed by atoms with Gasteiger partial charge in [-0.15, -0.1) is 5.10 Å². The molecule has 1 aliphatic carbocycles. The summed E-state index contributed by atoms with van der Waals surface area (Å²) >= 11 is 0. The van der Waals surface area contributed by atoms with Gasteiger partial charge >= 0.3 is 0 Å². The van der Waals surface area contributed by atoms with E-state index >= 15 is 0 Å². The van der Waals surface area contributed by atoms with Crippen molar-refractivity contribution in [1.29, 1.82) is 0 Å². The molecule has 194 valence electrons. The largest absolute Gasteiger partial charge is 0.467 e. The third kappa shape index (κ3) is 4.73. The first-order chi connectivity index (χ1) is 18.1. The van der Waals surface area contributed by atoms with E-state index in [0.717, 1.165) is 54.0 Å². The van der Waals surface area contributed by atoms with Crippen LogP contribution in [0.1, 0.15) is 66.4 Å². The molecule has 2 aliphatic rings. The topological polar surface area (TPSA) is 96.1 Å². The molecule has 1 saturated carbocycles. The number of nitrogens with one attached hydrogen (secondary N) is 1. The molecule has 1 atom stereocenters. The van der Waals surface area contributed by atoms with Gasteiger partial charge in [0.25, 0.3) is 5.56 Å². The SMILES string of the molecule is Cc1ccc(C)c2[nH]c(=O)c([C@@H](c3nnnn3Cc3ccco3)N3CCN(C4CCCCC4)CC3)cc12. The third-order valence-corrected chi connectivity index (χ3v) is 8.26. The highest BCUT2D eigenvalue weighted by Crippen LogP contribution is 2.31. The predicted molar refractivity (Wildman–Crippen MR) is 142 cm³/mol. The number of rotatable bonds is 6. The maximum absolute atomic E-state index is 13.6. The third-order valence-electron chi connectivity index (χ3n) is 8.26. The van der Waals surface area contributed by atoms with Crippen molar-refractivity contribution in [2.45, 2.75) is 64.6 Å². The number of aryl methyl sites for hydroxylation is 2. The minimum atomic E-state index is -0.355. The zero-order valence-electron chi connectivity index (χ0n) is 21.7. The van der Waals surface area contributed by atoms with Crippen molar-refractivity contribution >= 4 is 10.9 Å². The van der Waals surface area contributed by atoms with Crippen LogP contribution in [0.2, 0.25) is 0 Å². The molecule has 37 heavy (non-hydrogen) atoms. The molecular formula is C28H35N7O2. The second kappa shape index (κ2) is 10.2. The highest BCUT2D eigenvalue weighted by atomic mass is 16.3. The molecular weight excluding hydrogens is 466 g/mol. The number of hydrogen-bond donors (Lipinski definition) is 1. The number of furan rings is 1. The van der Waals surface area contributed by atoms with Gasteiger partial charge in [0.15, 0.2) is 5.82 Å². The minimum Gasteiger partial charge on any atom is -0.467 e. The molecule has 1 aromatic carbocycles. The Balaban J connectivity index is 1.39. The molecule has 0 spiro atoms. The summed E-state index contributed by atoms with van der Waals surface area (Å²) in [7, 11) is 0. The molecule has 0 unspecified atom stereocenters. The number of piperazine rings is 1. The molecule has 6 rings (SSSR count). The summed E-state index contributed by atoms with van der Waals surface area (Å²) in [5.74, 6) is 1.44. The summed E-state index contributed by atoms with van der Waals surface area (Å²) in [5.41, 5.74) is 3.68. The van der Waals surface area contributed by atoms with E-state index in [2.05, 4.69) is 55.4 Å².